The average molecular weight is 602 g/mol. The molecule has 0 radical (unpaired) electrons. The van der Waals surface area contributed by atoms with E-state index in [1.807, 2.05) is 36.4 Å². The monoisotopic (exact) mass is 601 g/mol. The van der Waals surface area contributed by atoms with Gasteiger partial charge in [0.25, 0.3) is 0 Å². The number of hydrogen-bond donors (Lipinski definition) is 0. The Kier molecular flexibility index (Phi) is 6.43. The first-order chi connectivity index (χ1) is 23.3. The number of para-hydroxylation sites is 1. The zero-order chi connectivity index (χ0) is 31.2. The molecule has 220 valence electrons. The highest BCUT2D eigenvalue weighted by atomic mass is 16.3. The van der Waals surface area contributed by atoms with Gasteiger partial charge in [0, 0.05) is 27.5 Å². The predicted octanol–water partition coefficient (Wildman–Crippen LogP) is 11.3. The van der Waals surface area contributed by atoms with Crippen LogP contribution in [0.25, 0.3) is 89.1 Å². The summed E-state index contributed by atoms with van der Waals surface area (Å²) in [5, 5.41) is 4.47. The quantitative estimate of drug-likeness (QED) is 0.197. The molecule has 0 aliphatic carbocycles. The van der Waals surface area contributed by atoms with Crippen molar-refractivity contribution >= 4 is 32.7 Å². The molecule has 2 heterocycles. The second kappa shape index (κ2) is 11.2. The third kappa shape index (κ3) is 4.84. The van der Waals surface area contributed by atoms with Crippen molar-refractivity contribution < 1.29 is 4.42 Å². The fourth-order valence-corrected chi connectivity index (χ4v) is 6.46. The lowest BCUT2D eigenvalue weighted by molar-refractivity contribution is 0.669. The maximum absolute atomic E-state index is 6.26. The fourth-order valence-electron chi connectivity index (χ4n) is 6.46. The van der Waals surface area contributed by atoms with Crippen LogP contribution in [-0.2, 0) is 0 Å². The van der Waals surface area contributed by atoms with E-state index in [1.54, 1.807) is 0 Å². The molecule has 4 nitrogen and oxygen atoms in total. The lowest BCUT2D eigenvalue weighted by atomic mass is 9.95. The normalized spacial score (nSPS) is 11.4. The van der Waals surface area contributed by atoms with Gasteiger partial charge in [-0.1, -0.05) is 140 Å². The van der Waals surface area contributed by atoms with Crippen LogP contribution in [0.1, 0.15) is 0 Å². The molecule has 0 amide bonds. The molecule has 9 rings (SSSR count). The summed E-state index contributed by atoms with van der Waals surface area (Å²) in [7, 11) is 0. The number of rotatable bonds is 5. The Morgan fingerprint density at radius 3 is 1.81 bits per heavy atom. The number of hydrogen-bond acceptors (Lipinski definition) is 4. The Labute approximate surface area is 271 Å². The van der Waals surface area contributed by atoms with Crippen LogP contribution in [-0.4, -0.2) is 15.0 Å². The lowest BCUT2D eigenvalue weighted by Gasteiger charge is -2.13. The number of benzene rings is 7. The van der Waals surface area contributed by atoms with Gasteiger partial charge in [-0.05, 0) is 57.3 Å². The van der Waals surface area contributed by atoms with Crippen LogP contribution in [0.4, 0.5) is 0 Å². The van der Waals surface area contributed by atoms with E-state index < -0.39 is 0 Å². The second-order valence-electron chi connectivity index (χ2n) is 11.6. The van der Waals surface area contributed by atoms with Crippen LogP contribution in [0.2, 0.25) is 0 Å². The Bertz CT molecular complexity index is 2590. The van der Waals surface area contributed by atoms with E-state index in [0.29, 0.717) is 17.5 Å². The van der Waals surface area contributed by atoms with Gasteiger partial charge in [0.1, 0.15) is 11.2 Å². The molecule has 0 saturated carbocycles. The zero-order valence-corrected chi connectivity index (χ0v) is 25.3. The first kappa shape index (κ1) is 27.0. The molecule has 0 spiro atoms. The second-order valence-corrected chi connectivity index (χ2v) is 11.6. The molecule has 0 saturated heterocycles. The average Bonchev–Trinajstić information content (AvgIpc) is 3.54. The molecule has 2 aromatic heterocycles. The molecule has 4 heteroatoms. The molecule has 0 aliphatic heterocycles. The van der Waals surface area contributed by atoms with Gasteiger partial charge in [-0.25, -0.2) is 15.0 Å². The van der Waals surface area contributed by atoms with Crippen molar-refractivity contribution in [1.29, 1.82) is 0 Å². The van der Waals surface area contributed by atoms with E-state index in [1.165, 1.54) is 5.39 Å². The minimum Gasteiger partial charge on any atom is -0.456 e. The molecule has 0 bridgehead atoms. The maximum Gasteiger partial charge on any atom is 0.164 e. The maximum atomic E-state index is 6.26. The van der Waals surface area contributed by atoms with E-state index in [2.05, 4.69) is 127 Å². The van der Waals surface area contributed by atoms with Crippen molar-refractivity contribution in [1.82, 2.24) is 15.0 Å². The van der Waals surface area contributed by atoms with E-state index >= 15 is 0 Å². The van der Waals surface area contributed by atoms with E-state index in [4.69, 9.17) is 19.4 Å². The summed E-state index contributed by atoms with van der Waals surface area (Å²) in [6, 6.07) is 56.3. The highest BCUT2D eigenvalue weighted by Crippen LogP contribution is 2.40. The van der Waals surface area contributed by atoms with Gasteiger partial charge in [-0.15, -0.1) is 0 Å². The van der Waals surface area contributed by atoms with Crippen LogP contribution in [0.5, 0.6) is 0 Å². The van der Waals surface area contributed by atoms with Crippen LogP contribution in [0, 0.1) is 0 Å². The smallest absolute Gasteiger partial charge is 0.164 e. The first-order valence-corrected chi connectivity index (χ1v) is 15.7. The molecule has 0 atom stereocenters. The number of aromatic nitrogens is 3. The molecular formula is C43H27N3O. The third-order valence-corrected chi connectivity index (χ3v) is 8.73. The van der Waals surface area contributed by atoms with Crippen molar-refractivity contribution in [3.05, 3.63) is 164 Å². The number of nitrogens with zero attached hydrogens (tertiary/aromatic N) is 3. The van der Waals surface area contributed by atoms with Gasteiger partial charge in [-0.2, -0.15) is 0 Å². The minimum atomic E-state index is 0.615. The molecule has 0 N–H and O–H groups in total. The topological polar surface area (TPSA) is 51.8 Å². The number of fused-ring (bicyclic) bond motifs is 4. The standard InChI is InChI=1S/C43H27N3O/c1-2-12-28(13-3-1)31-16-10-17-32(26-31)41-44-42(33-25-24-29-14-4-5-15-30(29)27-33)46-43(45-41)36-19-7-6-18-34(36)35-21-11-23-39-40(35)37-20-8-9-22-38(37)47-39/h1-27H. The van der Waals surface area contributed by atoms with Gasteiger partial charge in [0.2, 0.25) is 0 Å². The van der Waals surface area contributed by atoms with Gasteiger partial charge in [0.15, 0.2) is 17.5 Å². The minimum absolute atomic E-state index is 0.615. The van der Waals surface area contributed by atoms with Gasteiger partial charge < -0.3 is 4.42 Å². The van der Waals surface area contributed by atoms with Gasteiger partial charge >= 0.3 is 0 Å². The van der Waals surface area contributed by atoms with Crippen LogP contribution >= 0.6 is 0 Å². The largest absolute Gasteiger partial charge is 0.456 e. The highest BCUT2D eigenvalue weighted by Gasteiger charge is 2.19. The summed E-state index contributed by atoms with van der Waals surface area (Å²) in [5.74, 6) is 1.86. The first-order valence-electron chi connectivity index (χ1n) is 15.7. The summed E-state index contributed by atoms with van der Waals surface area (Å²) in [4.78, 5) is 15.4. The molecule has 0 fully saturated rings. The third-order valence-electron chi connectivity index (χ3n) is 8.73. The van der Waals surface area contributed by atoms with E-state index in [9.17, 15) is 0 Å². The molecule has 7 aromatic carbocycles. The van der Waals surface area contributed by atoms with Crippen molar-refractivity contribution in [3.63, 3.8) is 0 Å². The van der Waals surface area contributed by atoms with Crippen molar-refractivity contribution in [3.8, 4) is 56.4 Å². The Morgan fingerprint density at radius 1 is 0.340 bits per heavy atom. The van der Waals surface area contributed by atoms with Crippen LogP contribution in [0.3, 0.4) is 0 Å². The summed E-state index contributed by atoms with van der Waals surface area (Å²) in [5.41, 5.74) is 8.87. The molecule has 47 heavy (non-hydrogen) atoms. The Balaban J connectivity index is 1.27. The molecule has 9 aromatic rings. The SMILES string of the molecule is c1ccc(-c2cccc(-c3nc(-c4ccc5ccccc5c4)nc(-c4ccccc4-c4cccc5oc6ccccc6c45)n3)c2)cc1. The van der Waals surface area contributed by atoms with Crippen LogP contribution < -0.4 is 0 Å². The molecule has 0 aliphatic rings. The van der Waals surface area contributed by atoms with Crippen LogP contribution in [0.15, 0.2) is 168 Å². The Hall–Kier alpha value is -6.39. The van der Waals surface area contributed by atoms with Crippen molar-refractivity contribution in [2.24, 2.45) is 0 Å². The summed E-state index contributed by atoms with van der Waals surface area (Å²) in [6.07, 6.45) is 0. The predicted molar refractivity (Wildman–Crippen MR) is 192 cm³/mol. The summed E-state index contributed by atoms with van der Waals surface area (Å²) in [6.45, 7) is 0. The summed E-state index contributed by atoms with van der Waals surface area (Å²) >= 11 is 0. The lowest BCUT2D eigenvalue weighted by Crippen LogP contribution is -2.01. The van der Waals surface area contributed by atoms with E-state index in [0.717, 1.165) is 66.3 Å². The Morgan fingerprint density at radius 2 is 0.936 bits per heavy atom. The molecule has 0 unspecified atom stereocenters. The fraction of sp³-hybridized carbons (Fsp3) is 0. The number of furan rings is 1. The van der Waals surface area contributed by atoms with E-state index in [-0.39, 0.29) is 0 Å². The van der Waals surface area contributed by atoms with Gasteiger partial charge in [-0.3, -0.25) is 0 Å². The highest BCUT2D eigenvalue weighted by molar-refractivity contribution is 6.13. The zero-order valence-electron chi connectivity index (χ0n) is 25.3. The van der Waals surface area contributed by atoms with Crippen molar-refractivity contribution in [2.45, 2.75) is 0 Å². The van der Waals surface area contributed by atoms with Crippen molar-refractivity contribution in [2.75, 3.05) is 0 Å². The van der Waals surface area contributed by atoms with Gasteiger partial charge in [0.05, 0.1) is 0 Å². The summed E-state index contributed by atoms with van der Waals surface area (Å²) < 4.78 is 6.26. The molecular weight excluding hydrogens is 574 g/mol.